The molecule has 14 heavy (non-hydrogen) atoms. The van der Waals surface area contributed by atoms with Gasteiger partial charge in [-0.15, -0.1) is 6.58 Å². The molecule has 1 unspecified atom stereocenters. The van der Waals surface area contributed by atoms with Gasteiger partial charge in [0.15, 0.2) is 0 Å². The van der Waals surface area contributed by atoms with E-state index in [1.54, 1.807) is 0 Å². The zero-order chi connectivity index (χ0) is 10.8. The summed E-state index contributed by atoms with van der Waals surface area (Å²) >= 11 is 0. The monoisotopic (exact) mass is 200 g/mol. The van der Waals surface area contributed by atoms with Gasteiger partial charge in [-0.3, -0.25) is 4.90 Å². The second-order valence-electron chi connectivity index (χ2n) is 3.65. The molecular weight excluding hydrogens is 176 g/mol. The van der Waals surface area contributed by atoms with Gasteiger partial charge >= 0.3 is 0 Å². The maximum absolute atomic E-state index is 8.82. The molecule has 0 amide bonds. The number of nitrogens with zero attached hydrogens (tertiary/aromatic N) is 1. The number of rotatable bonds is 9. The minimum Gasteiger partial charge on any atom is -0.395 e. The highest BCUT2D eigenvalue weighted by Crippen LogP contribution is 2.00. The first kappa shape index (κ1) is 13.6. The molecule has 0 fully saturated rings. The average molecular weight is 200 g/mol. The van der Waals surface area contributed by atoms with Gasteiger partial charge in [0.2, 0.25) is 0 Å². The molecule has 0 aliphatic rings. The molecule has 0 aromatic rings. The van der Waals surface area contributed by atoms with Crippen molar-refractivity contribution in [1.29, 1.82) is 0 Å². The van der Waals surface area contributed by atoms with E-state index in [1.807, 2.05) is 6.08 Å². The highest BCUT2D eigenvalue weighted by atomic mass is 16.3. The molecule has 0 bridgehead atoms. The van der Waals surface area contributed by atoms with Crippen LogP contribution in [0.25, 0.3) is 0 Å². The van der Waals surface area contributed by atoms with Crippen molar-refractivity contribution >= 4 is 0 Å². The van der Waals surface area contributed by atoms with Gasteiger partial charge in [0.25, 0.3) is 0 Å². The Morgan fingerprint density at radius 1 is 1.43 bits per heavy atom. The van der Waals surface area contributed by atoms with Crippen LogP contribution in [-0.2, 0) is 0 Å². The quantitative estimate of drug-likeness (QED) is 0.546. The minimum absolute atomic E-state index is 0.205. The Kier molecular flexibility index (Phi) is 8.94. The number of aliphatic hydroxyl groups excluding tert-OH is 1. The van der Waals surface area contributed by atoms with E-state index >= 15 is 0 Å². The lowest BCUT2D eigenvalue weighted by molar-refractivity contribution is 0.203. The Morgan fingerprint density at radius 2 is 2.14 bits per heavy atom. The molecule has 0 spiro atoms. The molecule has 0 aliphatic heterocycles. The summed E-state index contributed by atoms with van der Waals surface area (Å²) in [6, 6.07) is 0.297. The maximum Gasteiger partial charge on any atom is 0.0558 e. The Labute approximate surface area is 87.6 Å². The Bertz CT molecular complexity index is 139. The summed E-state index contributed by atoms with van der Waals surface area (Å²) in [4.78, 5) is 2.17. The third-order valence-electron chi connectivity index (χ3n) is 2.28. The van der Waals surface area contributed by atoms with Crippen LogP contribution < -0.4 is 5.73 Å². The first-order valence-electron chi connectivity index (χ1n) is 5.44. The zero-order valence-electron chi connectivity index (χ0n) is 9.28. The van der Waals surface area contributed by atoms with E-state index in [0.29, 0.717) is 12.6 Å². The normalized spacial score (nSPS) is 13.1. The minimum atomic E-state index is 0.205. The summed E-state index contributed by atoms with van der Waals surface area (Å²) in [5, 5.41) is 8.82. The van der Waals surface area contributed by atoms with Gasteiger partial charge in [-0.2, -0.15) is 0 Å². The van der Waals surface area contributed by atoms with Crippen LogP contribution in [0.4, 0.5) is 0 Å². The lowest BCUT2D eigenvalue weighted by Crippen LogP contribution is -2.32. The van der Waals surface area contributed by atoms with Crippen molar-refractivity contribution in [3.63, 3.8) is 0 Å². The van der Waals surface area contributed by atoms with Crippen molar-refractivity contribution in [2.75, 3.05) is 26.2 Å². The first-order chi connectivity index (χ1) is 6.74. The summed E-state index contributed by atoms with van der Waals surface area (Å²) in [5.74, 6) is 0. The van der Waals surface area contributed by atoms with E-state index in [4.69, 9.17) is 10.8 Å². The number of hydrogen-bond donors (Lipinski definition) is 2. The van der Waals surface area contributed by atoms with Crippen molar-refractivity contribution in [2.24, 2.45) is 5.73 Å². The number of nitrogens with two attached hydrogens (primary N) is 1. The average Bonchev–Trinajstić information content (AvgIpc) is 2.15. The van der Waals surface area contributed by atoms with Crippen LogP contribution in [0.5, 0.6) is 0 Å². The molecule has 0 radical (unpaired) electrons. The standard InChI is InChI=1S/C11H24N2O/c1-3-5-11(12)6-8-13(7-4-2)9-10-14/h4,11,14H,2-3,5-10,12H2,1H3. The number of hydrogen-bond acceptors (Lipinski definition) is 3. The van der Waals surface area contributed by atoms with Crippen molar-refractivity contribution in [2.45, 2.75) is 32.2 Å². The fourth-order valence-electron chi connectivity index (χ4n) is 1.48. The predicted molar refractivity (Wildman–Crippen MR) is 61.2 cm³/mol. The molecule has 3 heteroatoms. The molecule has 0 saturated carbocycles. The van der Waals surface area contributed by atoms with Gasteiger partial charge in [0.1, 0.15) is 0 Å². The van der Waals surface area contributed by atoms with Crippen LogP contribution in [0.3, 0.4) is 0 Å². The van der Waals surface area contributed by atoms with Crippen LogP contribution in [0.2, 0.25) is 0 Å². The van der Waals surface area contributed by atoms with Crippen LogP contribution >= 0.6 is 0 Å². The maximum atomic E-state index is 8.82. The highest BCUT2D eigenvalue weighted by molar-refractivity contribution is 4.74. The van der Waals surface area contributed by atoms with Crippen LogP contribution in [0.1, 0.15) is 26.2 Å². The molecule has 0 aromatic heterocycles. The summed E-state index contributed by atoms with van der Waals surface area (Å²) in [5.41, 5.74) is 5.91. The van der Waals surface area contributed by atoms with E-state index < -0.39 is 0 Å². The van der Waals surface area contributed by atoms with Crippen LogP contribution in [0, 0.1) is 0 Å². The third kappa shape index (κ3) is 7.06. The fraction of sp³-hybridized carbons (Fsp3) is 0.818. The van der Waals surface area contributed by atoms with Gasteiger partial charge in [-0.1, -0.05) is 19.4 Å². The Hall–Kier alpha value is -0.380. The number of aliphatic hydroxyl groups is 1. The second-order valence-corrected chi connectivity index (χ2v) is 3.65. The molecule has 0 heterocycles. The van der Waals surface area contributed by atoms with Gasteiger partial charge in [0.05, 0.1) is 6.61 Å². The lowest BCUT2D eigenvalue weighted by Gasteiger charge is -2.21. The fourth-order valence-corrected chi connectivity index (χ4v) is 1.48. The van der Waals surface area contributed by atoms with Crippen molar-refractivity contribution in [3.8, 4) is 0 Å². The molecule has 0 rings (SSSR count). The third-order valence-corrected chi connectivity index (χ3v) is 2.28. The largest absolute Gasteiger partial charge is 0.395 e. The molecular formula is C11H24N2O. The van der Waals surface area contributed by atoms with Crippen molar-refractivity contribution < 1.29 is 5.11 Å². The van der Waals surface area contributed by atoms with Gasteiger partial charge < -0.3 is 10.8 Å². The molecule has 0 saturated heterocycles. The topological polar surface area (TPSA) is 49.5 Å². The SMILES string of the molecule is C=CCN(CCO)CCC(N)CCC. The van der Waals surface area contributed by atoms with Gasteiger partial charge in [-0.05, 0) is 12.8 Å². The molecule has 84 valence electrons. The van der Waals surface area contributed by atoms with E-state index in [-0.39, 0.29) is 6.61 Å². The lowest BCUT2D eigenvalue weighted by atomic mass is 10.1. The van der Waals surface area contributed by atoms with Crippen LogP contribution in [0.15, 0.2) is 12.7 Å². The summed E-state index contributed by atoms with van der Waals surface area (Å²) in [6.45, 7) is 8.54. The Balaban J connectivity index is 3.62. The van der Waals surface area contributed by atoms with E-state index in [9.17, 15) is 0 Å². The summed E-state index contributed by atoms with van der Waals surface area (Å²) in [6.07, 6.45) is 5.09. The highest BCUT2D eigenvalue weighted by Gasteiger charge is 2.05. The van der Waals surface area contributed by atoms with E-state index in [0.717, 1.165) is 32.4 Å². The van der Waals surface area contributed by atoms with Gasteiger partial charge in [-0.25, -0.2) is 0 Å². The van der Waals surface area contributed by atoms with Crippen LogP contribution in [-0.4, -0.2) is 42.3 Å². The molecule has 3 N–H and O–H groups in total. The molecule has 0 aromatic carbocycles. The molecule has 1 atom stereocenters. The van der Waals surface area contributed by atoms with E-state index in [1.165, 1.54) is 0 Å². The smallest absolute Gasteiger partial charge is 0.0558 e. The predicted octanol–water partition coefficient (Wildman–Crippen LogP) is 0.984. The second kappa shape index (κ2) is 9.19. The zero-order valence-corrected chi connectivity index (χ0v) is 9.28. The first-order valence-corrected chi connectivity index (χ1v) is 5.44. The van der Waals surface area contributed by atoms with E-state index in [2.05, 4.69) is 18.4 Å². The molecule has 3 nitrogen and oxygen atoms in total. The Morgan fingerprint density at radius 3 is 2.64 bits per heavy atom. The van der Waals surface area contributed by atoms with Crippen molar-refractivity contribution in [1.82, 2.24) is 4.90 Å². The van der Waals surface area contributed by atoms with Gasteiger partial charge in [0, 0.05) is 25.7 Å². The molecule has 0 aliphatic carbocycles. The van der Waals surface area contributed by atoms with Crippen molar-refractivity contribution in [3.05, 3.63) is 12.7 Å². The summed E-state index contributed by atoms with van der Waals surface area (Å²) < 4.78 is 0. The summed E-state index contributed by atoms with van der Waals surface area (Å²) in [7, 11) is 0.